The van der Waals surface area contributed by atoms with Crippen molar-refractivity contribution < 1.29 is 9.21 Å². The normalized spacial score (nSPS) is 16.9. The minimum absolute atomic E-state index is 0.393. The van der Waals surface area contributed by atoms with E-state index in [0.717, 1.165) is 49.5 Å². The molecular formula is C19H22N4O2. The number of hydrogen-bond donors (Lipinski definition) is 2. The summed E-state index contributed by atoms with van der Waals surface area (Å²) >= 11 is 0. The largest absolute Gasteiger partial charge is 0.461 e. The number of fused-ring (bicyclic) bond motifs is 2. The van der Waals surface area contributed by atoms with Gasteiger partial charge in [-0.25, -0.2) is 0 Å². The monoisotopic (exact) mass is 338 g/mol. The molecule has 1 aliphatic rings. The van der Waals surface area contributed by atoms with Gasteiger partial charge < -0.3 is 15.5 Å². The molecule has 6 heteroatoms. The number of furan rings is 1. The van der Waals surface area contributed by atoms with Crippen molar-refractivity contribution in [1.82, 2.24) is 15.1 Å². The number of nitrogens with one attached hydrogen (secondary N) is 1. The zero-order valence-electron chi connectivity index (χ0n) is 14.3. The SMILES string of the molecule is Cc1oc2ccccc2c1CNCC1CCn2ncc(C(N)=O)c2C1. The van der Waals surface area contributed by atoms with Gasteiger partial charge in [0.15, 0.2) is 0 Å². The second-order valence-corrected chi connectivity index (χ2v) is 6.72. The molecule has 130 valence electrons. The van der Waals surface area contributed by atoms with Crippen molar-refractivity contribution in [2.45, 2.75) is 32.9 Å². The zero-order chi connectivity index (χ0) is 17.4. The predicted molar refractivity (Wildman–Crippen MR) is 95.2 cm³/mol. The summed E-state index contributed by atoms with van der Waals surface area (Å²) < 4.78 is 7.72. The van der Waals surface area contributed by atoms with Gasteiger partial charge in [0.1, 0.15) is 11.3 Å². The molecule has 6 nitrogen and oxygen atoms in total. The van der Waals surface area contributed by atoms with Crippen molar-refractivity contribution in [2.24, 2.45) is 11.7 Å². The van der Waals surface area contributed by atoms with E-state index in [4.69, 9.17) is 10.2 Å². The lowest BCUT2D eigenvalue weighted by molar-refractivity contribution is 0.0998. The minimum atomic E-state index is -0.393. The molecule has 1 unspecified atom stereocenters. The Kier molecular flexibility index (Phi) is 4.05. The molecule has 1 aliphatic heterocycles. The number of para-hydroxylation sites is 1. The highest BCUT2D eigenvalue weighted by molar-refractivity contribution is 5.93. The molecule has 1 amide bonds. The van der Waals surface area contributed by atoms with Gasteiger partial charge >= 0.3 is 0 Å². The van der Waals surface area contributed by atoms with Gasteiger partial charge in [-0.1, -0.05) is 18.2 Å². The Labute approximate surface area is 146 Å². The van der Waals surface area contributed by atoms with Crippen molar-refractivity contribution in [3.05, 3.63) is 53.0 Å². The van der Waals surface area contributed by atoms with Gasteiger partial charge in [0.2, 0.25) is 0 Å². The van der Waals surface area contributed by atoms with Gasteiger partial charge in [0, 0.05) is 24.0 Å². The van der Waals surface area contributed by atoms with E-state index in [1.54, 1.807) is 6.20 Å². The smallest absolute Gasteiger partial charge is 0.252 e. The van der Waals surface area contributed by atoms with Crippen LogP contribution in [-0.2, 0) is 19.5 Å². The molecule has 1 atom stereocenters. The van der Waals surface area contributed by atoms with Crippen LogP contribution in [0.4, 0.5) is 0 Å². The van der Waals surface area contributed by atoms with Crippen LogP contribution < -0.4 is 11.1 Å². The number of amides is 1. The van der Waals surface area contributed by atoms with E-state index >= 15 is 0 Å². The lowest BCUT2D eigenvalue weighted by Gasteiger charge is -2.24. The van der Waals surface area contributed by atoms with Gasteiger partial charge in [-0.15, -0.1) is 0 Å². The summed E-state index contributed by atoms with van der Waals surface area (Å²) in [6.45, 7) is 4.52. The predicted octanol–water partition coefficient (Wildman–Crippen LogP) is 2.39. The van der Waals surface area contributed by atoms with Crippen LogP contribution in [0.15, 0.2) is 34.9 Å². The molecule has 3 N–H and O–H groups in total. The number of benzene rings is 1. The molecule has 0 bridgehead atoms. The van der Waals surface area contributed by atoms with Crippen LogP contribution in [0.2, 0.25) is 0 Å². The van der Waals surface area contributed by atoms with Crippen molar-refractivity contribution in [3.63, 3.8) is 0 Å². The van der Waals surface area contributed by atoms with Crippen LogP contribution in [0.1, 0.15) is 33.8 Å². The molecule has 4 rings (SSSR count). The molecule has 3 heterocycles. The first kappa shape index (κ1) is 15.9. The Morgan fingerprint density at radius 1 is 1.44 bits per heavy atom. The van der Waals surface area contributed by atoms with Crippen molar-refractivity contribution in [2.75, 3.05) is 6.54 Å². The van der Waals surface area contributed by atoms with Crippen molar-refractivity contribution >= 4 is 16.9 Å². The van der Waals surface area contributed by atoms with E-state index < -0.39 is 5.91 Å². The molecule has 0 saturated carbocycles. The Hall–Kier alpha value is -2.60. The van der Waals surface area contributed by atoms with Gasteiger partial charge in [-0.2, -0.15) is 5.10 Å². The Balaban J connectivity index is 1.41. The van der Waals surface area contributed by atoms with Crippen molar-refractivity contribution in [3.8, 4) is 0 Å². The average molecular weight is 338 g/mol. The topological polar surface area (TPSA) is 86.1 Å². The highest BCUT2D eigenvalue weighted by atomic mass is 16.3. The van der Waals surface area contributed by atoms with Gasteiger partial charge in [-0.05, 0) is 38.3 Å². The fourth-order valence-corrected chi connectivity index (χ4v) is 3.72. The lowest BCUT2D eigenvalue weighted by Crippen LogP contribution is -2.30. The first-order chi connectivity index (χ1) is 12.1. The number of aryl methyl sites for hydroxylation is 2. The van der Waals surface area contributed by atoms with Crippen LogP contribution in [0.3, 0.4) is 0 Å². The summed E-state index contributed by atoms with van der Waals surface area (Å²) in [6.07, 6.45) is 3.47. The van der Waals surface area contributed by atoms with E-state index in [9.17, 15) is 4.79 Å². The third kappa shape index (κ3) is 2.93. The Morgan fingerprint density at radius 3 is 3.12 bits per heavy atom. The van der Waals surface area contributed by atoms with Crippen LogP contribution in [0, 0.1) is 12.8 Å². The first-order valence-corrected chi connectivity index (χ1v) is 8.65. The van der Waals surface area contributed by atoms with E-state index in [0.29, 0.717) is 11.5 Å². The summed E-state index contributed by atoms with van der Waals surface area (Å²) in [5.41, 5.74) is 9.12. The molecule has 2 aromatic heterocycles. The van der Waals surface area contributed by atoms with E-state index in [1.807, 2.05) is 29.8 Å². The molecule has 25 heavy (non-hydrogen) atoms. The molecule has 0 saturated heterocycles. The zero-order valence-corrected chi connectivity index (χ0v) is 14.3. The van der Waals surface area contributed by atoms with Gasteiger partial charge in [0.05, 0.1) is 17.5 Å². The summed E-state index contributed by atoms with van der Waals surface area (Å²) in [6, 6.07) is 8.12. The number of carbonyl (C=O) groups is 1. The minimum Gasteiger partial charge on any atom is -0.461 e. The van der Waals surface area contributed by atoms with E-state index in [1.165, 1.54) is 10.9 Å². The fourth-order valence-electron chi connectivity index (χ4n) is 3.72. The number of nitrogens with two attached hydrogens (primary N) is 1. The molecule has 0 radical (unpaired) electrons. The first-order valence-electron chi connectivity index (χ1n) is 8.65. The number of hydrogen-bond acceptors (Lipinski definition) is 4. The number of carbonyl (C=O) groups excluding carboxylic acids is 1. The molecule has 3 aromatic rings. The lowest BCUT2D eigenvalue weighted by atomic mass is 9.94. The van der Waals surface area contributed by atoms with Gasteiger partial charge in [-0.3, -0.25) is 9.48 Å². The van der Waals surface area contributed by atoms with Crippen LogP contribution in [0.25, 0.3) is 11.0 Å². The number of rotatable bonds is 5. The summed E-state index contributed by atoms with van der Waals surface area (Å²) in [7, 11) is 0. The van der Waals surface area contributed by atoms with E-state index in [2.05, 4.69) is 16.5 Å². The van der Waals surface area contributed by atoms with Crippen LogP contribution in [-0.4, -0.2) is 22.2 Å². The van der Waals surface area contributed by atoms with Gasteiger partial charge in [0.25, 0.3) is 5.91 Å². The summed E-state index contributed by atoms with van der Waals surface area (Å²) in [4.78, 5) is 11.5. The second-order valence-electron chi connectivity index (χ2n) is 6.72. The Bertz CT molecular complexity index is 925. The maximum atomic E-state index is 11.5. The molecule has 0 spiro atoms. The Morgan fingerprint density at radius 2 is 2.28 bits per heavy atom. The third-order valence-corrected chi connectivity index (χ3v) is 5.08. The maximum absolute atomic E-state index is 11.5. The summed E-state index contributed by atoms with van der Waals surface area (Å²) in [5.74, 6) is 1.04. The average Bonchev–Trinajstić information content (AvgIpc) is 3.16. The summed E-state index contributed by atoms with van der Waals surface area (Å²) in [5, 5.41) is 8.99. The molecular weight excluding hydrogens is 316 g/mol. The molecule has 0 aliphatic carbocycles. The quantitative estimate of drug-likeness (QED) is 0.748. The van der Waals surface area contributed by atoms with Crippen LogP contribution >= 0.6 is 0 Å². The molecule has 0 fully saturated rings. The third-order valence-electron chi connectivity index (χ3n) is 5.08. The van der Waals surface area contributed by atoms with Crippen LogP contribution in [0.5, 0.6) is 0 Å². The number of primary amides is 1. The highest BCUT2D eigenvalue weighted by Gasteiger charge is 2.24. The van der Waals surface area contributed by atoms with Crippen molar-refractivity contribution in [1.29, 1.82) is 0 Å². The standard InChI is InChI=1S/C19H22N4O2/c1-12-15(14-4-2-3-5-18(14)25-12)10-21-9-13-6-7-23-17(8-13)16(11-22-23)19(20)24/h2-5,11,13,21H,6-10H2,1H3,(H2,20,24). The number of aromatic nitrogens is 2. The highest BCUT2D eigenvalue weighted by Crippen LogP contribution is 2.26. The van der Waals surface area contributed by atoms with E-state index in [-0.39, 0.29) is 0 Å². The second kappa shape index (κ2) is 6.37. The molecule has 1 aromatic carbocycles. The fraction of sp³-hybridized carbons (Fsp3) is 0.368. The number of nitrogens with zero attached hydrogens (tertiary/aromatic N) is 2. The maximum Gasteiger partial charge on any atom is 0.252 e.